The number of furan rings is 1. The first kappa shape index (κ1) is 23.9. The second-order valence-corrected chi connectivity index (χ2v) is 8.75. The number of piperazine rings is 1. The summed E-state index contributed by atoms with van der Waals surface area (Å²) in [7, 11) is 0. The zero-order chi connectivity index (χ0) is 23.6. The van der Waals surface area contributed by atoms with Crippen LogP contribution in [0.15, 0.2) is 83.4 Å². The van der Waals surface area contributed by atoms with Crippen LogP contribution in [0, 0.1) is 0 Å². The Hall–Kier alpha value is -3.78. The Morgan fingerprint density at radius 3 is 2.61 bits per heavy atom. The van der Waals surface area contributed by atoms with Crippen molar-refractivity contribution in [1.29, 1.82) is 0 Å². The summed E-state index contributed by atoms with van der Waals surface area (Å²) in [5, 5.41) is 7.43. The Kier molecular flexibility index (Phi) is 6.95. The highest BCUT2D eigenvalue weighted by Crippen LogP contribution is 2.33. The van der Waals surface area contributed by atoms with Gasteiger partial charge in [0.05, 0.1) is 22.9 Å². The summed E-state index contributed by atoms with van der Waals surface area (Å²) in [6, 6.07) is 23.5. The molecule has 1 aliphatic rings. The number of rotatable bonds is 5. The Balaban J connectivity index is 0.00000267. The second-order valence-electron chi connectivity index (χ2n) is 8.75. The number of nitrogens with zero attached hydrogens (tertiary/aromatic N) is 3. The van der Waals surface area contributed by atoms with E-state index in [0.29, 0.717) is 17.0 Å². The average Bonchev–Trinajstić information content (AvgIpc) is 3.32. The number of amides is 1. The van der Waals surface area contributed by atoms with E-state index < -0.39 is 0 Å². The van der Waals surface area contributed by atoms with Crippen molar-refractivity contribution in [3.05, 3.63) is 90.3 Å². The topological polar surface area (TPSA) is 83.3 Å². The van der Waals surface area contributed by atoms with Crippen LogP contribution >= 0.6 is 12.4 Å². The number of benzene rings is 3. The highest BCUT2D eigenvalue weighted by Gasteiger charge is 2.16. The fourth-order valence-electron chi connectivity index (χ4n) is 4.51. The zero-order valence-electron chi connectivity index (χ0n) is 19.6. The van der Waals surface area contributed by atoms with Gasteiger partial charge in [0.25, 0.3) is 5.91 Å². The Bertz CT molecular complexity index is 1530. The summed E-state index contributed by atoms with van der Waals surface area (Å²) in [4.78, 5) is 24.3. The third kappa shape index (κ3) is 4.95. The smallest absolute Gasteiger partial charge is 0.275 e. The van der Waals surface area contributed by atoms with E-state index in [9.17, 15) is 4.79 Å². The summed E-state index contributed by atoms with van der Waals surface area (Å²) in [6.07, 6.45) is 1.50. The Labute approximate surface area is 215 Å². The number of aromatic nitrogens is 2. The number of nitrogens with one attached hydrogen (secondary N) is 2. The van der Waals surface area contributed by atoms with Crippen LogP contribution in [0.2, 0.25) is 0 Å². The van der Waals surface area contributed by atoms with Gasteiger partial charge in [-0.15, -0.1) is 12.4 Å². The summed E-state index contributed by atoms with van der Waals surface area (Å²) in [5.74, 6) is 0.393. The number of carbonyl (C=O) groups excluding carboxylic acids is 1. The maximum absolute atomic E-state index is 13.0. The molecule has 7 nitrogen and oxygen atoms in total. The lowest BCUT2D eigenvalue weighted by Crippen LogP contribution is -2.42. The zero-order valence-corrected chi connectivity index (χ0v) is 20.4. The number of carbonyl (C=O) groups is 1. The van der Waals surface area contributed by atoms with E-state index in [1.54, 1.807) is 0 Å². The van der Waals surface area contributed by atoms with E-state index in [4.69, 9.17) is 4.42 Å². The molecule has 0 saturated carbocycles. The maximum Gasteiger partial charge on any atom is 0.275 e. The van der Waals surface area contributed by atoms with Gasteiger partial charge in [0, 0.05) is 43.7 Å². The van der Waals surface area contributed by atoms with Crippen LogP contribution in [-0.4, -0.2) is 47.0 Å². The molecular formula is C28H26ClN5O2. The van der Waals surface area contributed by atoms with Crippen molar-refractivity contribution in [1.82, 2.24) is 20.2 Å². The molecule has 2 aromatic heterocycles. The monoisotopic (exact) mass is 499 g/mol. The SMILES string of the molecule is Cl.O=C(Nc1ccccc1-c1cc2cc(CN3CCNCC3)ccc2o1)c1cnc2ccccc2n1. The molecule has 8 heteroatoms. The summed E-state index contributed by atoms with van der Waals surface area (Å²) >= 11 is 0. The van der Waals surface area contributed by atoms with E-state index in [2.05, 4.69) is 37.6 Å². The molecule has 3 heterocycles. The van der Waals surface area contributed by atoms with Crippen molar-refractivity contribution in [3.8, 4) is 11.3 Å². The average molecular weight is 500 g/mol. The molecule has 0 unspecified atom stereocenters. The van der Waals surface area contributed by atoms with E-state index in [-0.39, 0.29) is 24.0 Å². The number of halogens is 1. The van der Waals surface area contributed by atoms with Crippen LogP contribution in [0.3, 0.4) is 0 Å². The lowest BCUT2D eigenvalue weighted by Gasteiger charge is -2.27. The standard InChI is InChI=1S/C28H25N5O2.ClH/c34-28(25-17-30-23-7-3-4-8-24(23)31-25)32-22-6-2-1-5-21(22)27-16-20-15-19(9-10-26(20)35-27)18-33-13-11-29-12-14-33;/h1-10,15-17,29H,11-14,18H2,(H,32,34);1H. The van der Waals surface area contributed by atoms with Crippen LogP contribution in [-0.2, 0) is 6.54 Å². The molecule has 2 N–H and O–H groups in total. The van der Waals surface area contributed by atoms with Crippen molar-refractivity contribution in [2.75, 3.05) is 31.5 Å². The maximum atomic E-state index is 13.0. The molecule has 6 rings (SSSR count). The van der Waals surface area contributed by atoms with Crippen LogP contribution in [0.25, 0.3) is 33.3 Å². The second kappa shape index (κ2) is 10.5. The van der Waals surface area contributed by atoms with E-state index >= 15 is 0 Å². The van der Waals surface area contributed by atoms with Crippen LogP contribution in [0.5, 0.6) is 0 Å². The molecule has 0 radical (unpaired) electrons. The fourth-order valence-corrected chi connectivity index (χ4v) is 4.51. The van der Waals surface area contributed by atoms with Gasteiger partial charge in [-0.2, -0.15) is 0 Å². The Morgan fingerprint density at radius 1 is 0.972 bits per heavy atom. The molecule has 1 fully saturated rings. The predicted molar refractivity (Wildman–Crippen MR) is 145 cm³/mol. The van der Waals surface area contributed by atoms with E-state index in [1.165, 1.54) is 11.8 Å². The van der Waals surface area contributed by atoms with Crippen molar-refractivity contribution >= 4 is 46.0 Å². The number of para-hydroxylation sites is 3. The van der Waals surface area contributed by atoms with Crippen LogP contribution < -0.4 is 10.6 Å². The third-order valence-electron chi connectivity index (χ3n) is 6.32. The minimum absolute atomic E-state index is 0. The van der Waals surface area contributed by atoms with E-state index in [0.717, 1.165) is 54.8 Å². The first-order valence-electron chi connectivity index (χ1n) is 11.8. The minimum atomic E-state index is -0.315. The van der Waals surface area contributed by atoms with Gasteiger partial charge in [0.1, 0.15) is 17.0 Å². The van der Waals surface area contributed by atoms with Gasteiger partial charge in [-0.05, 0) is 48.0 Å². The molecule has 0 atom stereocenters. The van der Waals surface area contributed by atoms with Crippen molar-refractivity contribution < 1.29 is 9.21 Å². The molecule has 182 valence electrons. The summed E-state index contributed by atoms with van der Waals surface area (Å²) < 4.78 is 6.18. The van der Waals surface area contributed by atoms with Crippen LogP contribution in [0.1, 0.15) is 16.1 Å². The van der Waals surface area contributed by atoms with Gasteiger partial charge in [0.15, 0.2) is 0 Å². The number of fused-ring (bicyclic) bond motifs is 2. The largest absolute Gasteiger partial charge is 0.456 e. The molecule has 5 aromatic rings. The lowest BCUT2D eigenvalue weighted by atomic mass is 10.1. The van der Waals surface area contributed by atoms with Gasteiger partial charge in [-0.25, -0.2) is 4.98 Å². The molecular weight excluding hydrogens is 474 g/mol. The lowest BCUT2D eigenvalue weighted by molar-refractivity contribution is 0.102. The van der Waals surface area contributed by atoms with E-state index in [1.807, 2.05) is 60.7 Å². The number of hydrogen-bond acceptors (Lipinski definition) is 6. The Morgan fingerprint density at radius 2 is 1.75 bits per heavy atom. The quantitative estimate of drug-likeness (QED) is 0.349. The minimum Gasteiger partial charge on any atom is -0.456 e. The highest BCUT2D eigenvalue weighted by molar-refractivity contribution is 6.05. The van der Waals surface area contributed by atoms with Crippen molar-refractivity contribution in [2.24, 2.45) is 0 Å². The molecule has 1 saturated heterocycles. The van der Waals surface area contributed by atoms with Gasteiger partial charge < -0.3 is 15.1 Å². The molecule has 36 heavy (non-hydrogen) atoms. The predicted octanol–water partition coefficient (Wildman–Crippen LogP) is 5.12. The molecule has 0 spiro atoms. The molecule has 0 aliphatic carbocycles. The normalized spacial score (nSPS) is 14.0. The van der Waals surface area contributed by atoms with Crippen molar-refractivity contribution in [2.45, 2.75) is 6.54 Å². The molecule has 3 aromatic carbocycles. The molecule has 1 amide bonds. The third-order valence-corrected chi connectivity index (χ3v) is 6.32. The van der Waals surface area contributed by atoms with Crippen LogP contribution in [0.4, 0.5) is 5.69 Å². The molecule has 0 bridgehead atoms. The first-order valence-corrected chi connectivity index (χ1v) is 11.8. The molecule has 1 aliphatic heterocycles. The number of anilines is 1. The fraction of sp³-hybridized carbons (Fsp3) is 0.179. The van der Waals surface area contributed by atoms with Gasteiger partial charge >= 0.3 is 0 Å². The van der Waals surface area contributed by atoms with Crippen molar-refractivity contribution in [3.63, 3.8) is 0 Å². The highest BCUT2D eigenvalue weighted by atomic mass is 35.5. The van der Waals surface area contributed by atoms with Gasteiger partial charge in [-0.3, -0.25) is 14.7 Å². The first-order chi connectivity index (χ1) is 17.2. The number of hydrogen-bond donors (Lipinski definition) is 2. The summed E-state index contributed by atoms with van der Waals surface area (Å²) in [6.45, 7) is 5.11. The van der Waals surface area contributed by atoms with Gasteiger partial charge in [0.2, 0.25) is 0 Å². The van der Waals surface area contributed by atoms with Gasteiger partial charge in [-0.1, -0.05) is 30.3 Å². The summed E-state index contributed by atoms with van der Waals surface area (Å²) in [5.41, 5.74) is 5.27.